The van der Waals surface area contributed by atoms with Crippen LogP contribution >= 0.6 is 11.3 Å². The van der Waals surface area contributed by atoms with Gasteiger partial charge in [0.1, 0.15) is 0 Å². The van der Waals surface area contributed by atoms with Crippen molar-refractivity contribution in [2.24, 2.45) is 0 Å². The highest BCUT2D eigenvalue weighted by molar-refractivity contribution is 7.66. The van der Waals surface area contributed by atoms with E-state index in [0.717, 1.165) is 30.9 Å². The van der Waals surface area contributed by atoms with Gasteiger partial charge in [0.2, 0.25) is 5.25 Å². The monoisotopic (exact) mass is 217 g/mol. The summed E-state index contributed by atoms with van der Waals surface area (Å²) >= 11 is 2.46. The van der Waals surface area contributed by atoms with E-state index in [2.05, 4.69) is 13.8 Å². The molecule has 0 aliphatic heterocycles. The Morgan fingerprint density at radius 1 is 1.31 bits per heavy atom. The summed E-state index contributed by atoms with van der Waals surface area (Å²) in [5.41, 5.74) is 0. The van der Waals surface area contributed by atoms with Gasteiger partial charge in [0.05, 0.1) is 0 Å². The summed E-state index contributed by atoms with van der Waals surface area (Å²) < 4.78 is 10.2. The van der Waals surface area contributed by atoms with Crippen LogP contribution in [0.15, 0.2) is 22.9 Å². The van der Waals surface area contributed by atoms with E-state index >= 15 is 0 Å². The molecule has 0 radical (unpaired) electrons. The van der Waals surface area contributed by atoms with E-state index in [0.29, 0.717) is 5.25 Å². The van der Waals surface area contributed by atoms with Crippen molar-refractivity contribution in [2.45, 2.75) is 38.4 Å². The molecular formula is C10H17OS2+. The maximum Gasteiger partial charge on any atom is 0.462 e. The molecule has 1 aromatic heterocycles. The molecular weight excluding hydrogens is 200 g/mol. The second kappa shape index (κ2) is 9.81. The van der Waals surface area contributed by atoms with E-state index < -0.39 is 0 Å². The van der Waals surface area contributed by atoms with Crippen LogP contribution in [-0.2, 0) is 15.9 Å². The summed E-state index contributed by atoms with van der Waals surface area (Å²) in [5, 5.41) is 4.44. The molecule has 1 heterocycles. The van der Waals surface area contributed by atoms with Crippen molar-refractivity contribution in [3.05, 3.63) is 22.9 Å². The standard InChI is InChI=1S/C6H13OS.C4H4S/c1-3-5-6(4-2)8-7;1-2-4-5-3-1/h6H,3-5H2,1-2H3;1-4H/q+1;. The third-order valence-corrected chi connectivity index (χ3v) is 3.10. The van der Waals surface area contributed by atoms with Gasteiger partial charge in [-0.3, -0.25) is 0 Å². The van der Waals surface area contributed by atoms with Crippen LogP contribution in [0.3, 0.4) is 0 Å². The normalized spacial score (nSPS) is 11.2. The minimum Gasteiger partial charge on any atom is -0.152 e. The summed E-state index contributed by atoms with van der Waals surface area (Å²) in [6.45, 7) is 4.17. The lowest BCUT2D eigenvalue weighted by Crippen LogP contribution is -2.01. The Kier molecular flexibility index (Phi) is 9.59. The Morgan fingerprint density at radius 3 is 2.08 bits per heavy atom. The van der Waals surface area contributed by atoms with Crippen molar-refractivity contribution in [3.8, 4) is 0 Å². The minimum absolute atomic E-state index is 0.361. The summed E-state index contributed by atoms with van der Waals surface area (Å²) in [4.78, 5) is 0. The van der Waals surface area contributed by atoms with E-state index in [1.54, 1.807) is 11.3 Å². The lowest BCUT2D eigenvalue weighted by atomic mass is 10.2. The topological polar surface area (TPSA) is 17.1 Å². The van der Waals surface area contributed by atoms with Crippen molar-refractivity contribution in [2.75, 3.05) is 0 Å². The maximum absolute atomic E-state index is 10.2. The van der Waals surface area contributed by atoms with E-state index in [1.165, 1.54) is 0 Å². The third-order valence-electron chi connectivity index (χ3n) is 1.63. The fraction of sp³-hybridized carbons (Fsp3) is 0.600. The van der Waals surface area contributed by atoms with Gasteiger partial charge in [-0.05, 0) is 10.8 Å². The lowest BCUT2D eigenvalue weighted by molar-refractivity contribution is 0.588. The maximum atomic E-state index is 10.2. The first-order valence-corrected chi connectivity index (χ1v) is 6.35. The quantitative estimate of drug-likeness (QED) is 0.702. The molecule has 0 aliphatic rings. The van der Waals surface area contributed by atoms with Crippen molar-refractivity contribution in [3.63, 3.8) is 0 Å². The van der Waals surface area contributed by atoms with Gasteiger partial charge in [-0.2, -0.15) is 11.3 Å². The fourth-order valence-electron chi connectivity index (χ4n) is 0.869. The zero-order chi connectivity index (χ0) is 9.94. The first-order valence-electron chi connectivity index (χ1n) is 4.60. The average molecular weight is 217 g/mol. The molecule has 1 aromatic rings. The average Bonchev–Trinajstić information content (AvgIpc) is 2.72. The van der Waals surface area contributed by atoms with E-state index in [4.69, 9.17) is 0 Å². The van der Waals surface area contributed by atoms with Gasteiger partial charge < -0.3 is 0 Å². The molecule has 0 fully saturated rings. The van der Waals surface area contributed by atoms with Crippen molar-refractivity contribution >= 4 is 23.0 Å². The third kappa shape index (κ3) is 8.06. The second-order valence-corrected chi connectivity index (χ2v) is 4.38. The van der Waals surface area contributed by atoms with Crippen LogP contribution in [0.4, 0.5) is 0 Å². The van der Waals surface area contributed by atoms with Crippen molar-refractivity contribution in [1.82, 2.24) is 0 Å². The van der Waals surface area contributed by atoms with Gasteiger partial charge in [-0.25, -0.2) is 0 Å². The molecule has 1 rings (SSSR count). The smallest absolute Gasteiger partial charge is 0.152 e. The number of hydrogen-bond acceptors (Lipinski definition) is 2. The molecule has 1 nitrogen and oxygen atoms in total. The Balaban J connectivity index is 0.000000243. The molecule has 0 amide bonds. The van der Waals surface area contributed by atoms with Gasteiger partial charge in [0.15, 0.2) is 0 Å². The number of hydrogen-bond donors (Lipinski definition) is 0. The fourth-order valence-corrected chi connectivity index (χ4v) is 1.79. The highest BCUT2D eigenvalue weighted by atomic mass is 32.1. The van der Waals surface area contributed by atoms with E-state index in [1.807, 2.05) is 22.9 Å². The predicted octanol–water partition coefficient (Wildman–Crippen LogP) is 3.74. The van der Waals surface area contributed by atoms with Crippen LogP contribution in [0.25, 0.3) is 0 Å². The van der Waals surface area contributed by atoms with Crippen LogP contribution in [-0.4, -0.2) is 5.25 Å². The Bertz CT molecular complexity index is 168. The zero-order valence-corrected chi connectivity index (χ0v) is 9.87. The van der Waals surface area contributed by atoms with Gasteiger partial charge in [0.25, 0.3) is 0 Å². The van der Waals surface area contributed by atoms with Crippen molar-refractivity contribution < 1.29 is 4.21 Å². The molecule has 0 aromatic carbocycles. The molecule has 1 unspecified atom stereocenters. The molecule has 3 heteroatoms. The van der Waals surface area contributed by atoms with Gasteiger partial charge in [0, 0.05) is 17.1 Å². The molecule has 1 atom stereocenters. The molecule has 0 bridgehead atoms. The lowest BCUT2D eigenvalue weighted by Gasteiger charge is -1.88. The van der Waals surface area contributed by atoms with Crippen LogP contribution in [0.2, 0.25) is 0 Å². The SMILES string of the molecule is CCCC(CC)[S+]=O.c1ccsc1. The minimum atomic E-state index is 0.361. The second-order valence-electron chi connectivity index (χ2n) is 2.71. The molecule has 0 aliphatic carbocycles. The predicted molar refractivity (Wildman–Crippen MR) is 61.4 cm³/mol. The van der Waals surface area contributed by atoms with Gasteiger partial charge >= 0.3 is 11.7 Å². The summed E-state index contributed by atoms with van der Waals surface area (Å²) in [5.74, 6) is 0. The molecule has 13 heavy (non-hydrogen) atoms. The Morgan fingerprint density at radius 2 is 1.92 bits per heavy atom. The molecule has 74 valence electrons. The summed E-state index contributed by atoms with van der Waals surface area (Å²) in [6, 6.07) is 4.04. The molecule has 0 spiro atoms. The molecule has 0 saturated heterocycles. The summed E-state index contributed by atoms with van der Waals surface area (Å²) in [6.07, 6.45) is 3.22. The van der Waals surface area contributed by atoms with E-state index in [-0.39, 0.29) is 0 Å². The highest BCUT2D eigenvalue weighted by Crippen LogP contribution is 2.01. The molecule has 0 saturated carbocycles. The summed E-state index contributed by atoms with van der Waals surface area (Å²) in [7, 11) is 0. The first kappa shape index (κ1) is 12.7. The van der Waals surface area contributed by atoms with Crippen LogP contribution in [0.1, 0.15) is 33.1 Å². The zero-order valence-electron chi connectivity index (χ0n) is 8.23. The number of thiophene rings is 1. The first-order chi connectivity index (χ1) is 6.35. The Hall–Kier alpha value is -0.280. The van der Waals surface area contributed by atoms with Crippen molar-refractivity contribution in [1.29, 1.82) is 0 Å². The largest absolute Gasteiger partial charge is 0.462 e. The number of rotatable bonds is 4. The molecule has 0 N–H and O–H groups in total. The Labute approximate surface area is 88.7 Å². The van der Waals surface area contributed by atoms with Gasteiger partial charge in [-0.15, -0.1) is 0 Å². The van der Waals surface area contributed by atoms with Gasteiger partial charge in [-0.1, -0.05) is 32.4 Å². The van der Waals surface area contributed by atoms with Crippen LogP contribution < -0.4 is 0 Å². The van der Waals surface area contributed by atoms with Crippen LogP contribution in [0, 0.1) is 0 Å². The highest BCUT2D eigenvalue weighted by Gasteiger charge is 2.15. The van der Waals surface area contributed by atoms with E-state index in [9.17, 15) is 4.21 Å². The van der Waals surface area contributed by atoms with Crippen LogP contribution in [0.5, 0.6) is 0 Å².